The normalized spacial score (nSPS) is 17.3. The van der Waals surface area contributed by atoms with E-state index >= 15 is 0 Å². The molecule has 2 N–H and O–H groups in total. The van der Waals surface area contributed by atoms with Crippen molar-refractivity contribution in [3.8, 4) is 0 Å². The van der Waals surface area contributed by atoms with Gasteiger partial charge in [-0.05, 0) is 50.8 Å². The van der Waals surface area contributed by atoms with Crippen LogP contribution in [-0.4, -0.2) is 72.5 Å². The number of β-lactam (4-membered cyclic amide) rings is 1. The monoisotopic (exact) mass is 790 g/mol. The first-order valence-electron chi connectivity index (χ1n) is 16.8. The van der Waals surface area contributed by atoms with Crippen LogP contribution in [0.1, 0.15) is 62.0 Å². The lowest BCUT2D eigenvalue weighted by molar-refractivity contribution is -0.154. The lowest BCUT2D eigenvalue weighted by Crippen LogP contribution is -2.70. The highest BCUT2D eigenvalue weighted by atomic mass is 32.2. The molecule has 4 aromatic rings. The number of rotatable bonds is 12. The van der Waals surface area contributed by atoms with E-state index in [2.05, 4.69) is 25.8 Å². The number of esters is 1. The quantitative estimate of drug-likeness (QED) is 0.0648. The number of nitrogens with one attached hydrogen (secondary N) is 2. The maximum atomic E-state index is 14.3. The molecule has 12 nitrogen and oxygen atoms in total. The second-order valence-corrected chi connectivity index (χ2v) is 17.4. The molecule has 0 unspecified atom stereocenters. The smallest absolute Gasteiger partial charge is 0.413 e. The summed E-state index contributed by atoms with van der Waals surface area (Å²) >= 11 is 5.52. The van der Waals surface area contributed by atoms with E-state index in [1.54, 1.807) is 32.2 Å². The molecule has 0 radical (unpaired) electrons. The fourth-order valence-corrected chi connectivity index (χ4v) is 9.59. The highest BCUT2D eigenvalue weighted by Gasteiger charge is 2.55. The molecule has 2 aliphatic heterocycles. The first kappa shape index (κ1) is 38.2. The van der Waals surface area contributed by atoms with Gasteiger partial charge in [-0.25, -0.2) is 14.6 Å². The second kappa shape index (κ2) is 16.7. The number of fused-ring (bicyclic) bond motifs is 1. The molecule has 2 aromatic heterocycles. The van der Waals surface area contributed by atoms with E-state index in [0.717, 1.165) is 37.4 Å². The van der Waals surface area contributed by atoms with Crippen LogP contribution in [-0.2, 0) is 23.9 Å². The van der Waals surface area contributed by atoms with Gasteiger partial charge in [-0.3, -0.25) is 19.8 Å². The van der Waals surface area contributed by atoms with Gasteiger partial charge in [0.05, 0.1) is 11.3 Å². The van der Waals surface area contributed by atoms with E-state index in [-0.39, 0.29) is 16.4 Å². The predicted octanol–water partition coefficient (Wildman–Crippen LogP) is 7.22. The average molecular weight is 791 g/mol. The van der Waals surface area contributed by atoms with Gasteiger partial charge in [0.15, 0.2) is 15.6 Å². The van der Waals surface area contributed by atoms with Crippen molar-refractivity contribution in [2.45, 2.75) is 68.5 Å². The Balaban J connectivity index is 1.23. The fourth-order valence-electron chi connectivity index (χ4n) is 5.60. The number of carbonyl (C=O) groups excluding carboxylic acids is 4. The first-order valence-corrected chi connectivity index (χ1v) is 20.5. The van der Waals surface area contributed by atoms with Gasteiger partial charge in [-0.1, -0.05) is 96.8 Å². The van der Waals surface area contributed by atoms with Crippen LogP contribution < -0.4 is 10.6 Å². The predicted molar refractivity (Wildman–Crippen MR) is 208 cm³/mol. The number of thiazole rings is 1. The van der Waals surface area contributed by atoms with Crippen molar-refractivity contribution >= 4 is 80.8 Å². The van der Waals surface area contributed by atoms with Crippen LogP contribution in [0.5, 0.6) is 0 Å². The number of carbonyl (C=O) groups is 4. The van der Waals surface area contributed by atoms with E-state index in [1.165, 1.54) is 39.8 Å². The highest BCUT2D eigenvalue weighted by molar-refractivity contribution is 8.01. The molecule has 0 bridgehead atoms. The summed E-state index contributed by atoms with van der Waals surface area (Å²) in [6, 6.07) is 18.0. The largest absolute Gasteiger partial charge is 0.448 e. The summed E-state index contributed by atoms with van der Waals surface area (Å²) in [4.78, 5) is 60.2. The van der Waals surface area contributed by atoms with Crippen molar-refractivity contribution in [2.24, 2.45) is 0 Å². The number of nitrogens with zero attached hydrogens (tertiary/aromatic N) is 4. The van der Waals surface area contributed by atoms with Crippen LogP contribution >= 0.6 is 46.2 Å². The average Bonchev–Trinajstić information content (AvgIpc) is 3.78. The summed E-state index contributed by atoms with van der Waals surface area (Å²) in [5.74, 6) is -0.716. The van der Waals surface area contributed by atoms with Crippen molar-refractivity contribution in [3.05, 3.63) is 105 Å². The molecule has 16 heteroatoms. The summed E-state index contributed by atoms with van der Waals surface area (Å²) in [5, 5.41) is 16.0. The molecule has 1 saturated heterocycles. The lowest BCUT2D eigenvalue weighted by atomic mass is 10.0. The topological polar surface area (TPSA) is 153 Å². The van der Waals surface area contributed by atoms with E-state index in [4.69, 9.17) is 9.47 Å². The molecule has 53 heavy (non-hydrogen) atoms. The van der Waals surface area contributed by atoms with Crippen LogP contribution in [0.4, 0.5) is 9.93 Å². The molecule has 0 saturated carbocycles. The number of amides is 3. The third kappa shape index (κ3) is 9.18. The number of ether oxygens (including phenoxy) is 2. The van der Waals surface area contributed by atoms with Crippen molar-refractivity contribution in [2.75, 3.05) is 16.8 Å². The standard InChI is InChI=1S/C37H38N6O6S4/c1-6-13-25(26-20-51-34(38-26)40-35(47)49-37(3,4)5)30(44)39-27-31(45)43-28(24(18-50-32(27)43)19-52-36-42-41-21(2)53-36)33(46)48-29(22-14-9-7-10-15-22)23-16-11-8-12-17-23/h7-17,20,27,29,32H,6,18-19H2,1-5H3,(H,39,44)(H,38,40,47)/b25-13-/t27-,32-/m1/s1. The van der Waals surface area contributed by atoms with Crippen LogP contribution in [0.25, 0.3) is 5.57 Å². The van der Waals surface area contributed by atoms with Gasteiger partial charge in [0.25, 0.3) is 11.8 Å². The van der Waals surface area contributed by atoms with Crippen molar-refractivity contribution in [3.63, 3.8) is 0 Å². The Labute approximate surface area is 323 Å². The molecule has 2 aliphatic rings. The van der Waals surface area contributed by atoms with Crippen LogP contribution in [0.2, 0.25) is 0 Å². The molecular weight excluding hydrogens is 753 g/mol. The van der Waals surface area contributed by atoms with Crippen LogP contribution in [0.15, 0.2) is 87.7 Å². The maximum Gasteiger partial charge on any atom is 0.413 e. The summed E-state index contributed by atoms with van der Waals surface area (Å²) < 4.78 is 12.3. The molecular formula is C37H38N6O6S4. The Morgan fingerprint density at radius 3 is 2.34 bits per heavy atom. The van der Waals surface area contributed by atoms with Gasteiger partial charge >= 0.3 is 12.1 Å². The molecule has 0 aliphatic carbocycles. The fraction of sp³-hybridized carbons (Fsp3) is 0.324. The Hall–Kier alpha value is -4.51. The summed E-state index contributed by atoms with van der Waals surface area (Å²) in [5.41, 5.74) is 2.41. The molecule has 1 fully saturated rings. The van der Waals surface area contributed by atoms with Gasteiger partial charge in [-0.15, -0.1) is 33.3 Å². The van der Waals surface area contributed by atoms with Gasteiger partial charge in [0.1, 0.15) is 27.7 Å². The zero-order chi connectivity index (χ0) is 37.7. The molecule has 276 valence electrons. The SMILES string of the molecule is CC/C=C(\C(=O)N[C@@H]1C(=O)N2C(C(=O)OC(c3ccccc3)c3ccccc3)=C(CSc3nnc(C)s3)CS[C@H]12)c1csc(NC(=O)OC(C)(C)C)n1. The number of anilines is 1. The summed E-state index contributed by atoms with van der Waals surface area (Å²) in [6.45, 7) is 9.04. The molecule has 2 atom stereocenters. The molecule has 2 aromatic carbocycles. The Morgan fingerprint density at radius 1 is 1.06 bits per heavy atom. The first-order chi connectivity index (χ1) is 25.4. The number of benzene rings is 2. The summed E-state index contributed by atoms with van der Waals surface area (Å²) in [6.07, 6.45) is 0.870. The summed E-state index contributed by atoms with van der Waals surface area (Å²) in [7, 11) is 0. The maximum absolute atomic E-state index is 14.3. The second-order valence-electron chi connectivity index (χ2n) is 13.0. The Bertz CT molecular complexity index is 2000. The van der Waals surface area contributed by atoms with Gasteiger partial charge in [0, 0.05) is 16.9 Å². The van der Waals surface area contributed by atoms with E-state index < -0.39 is 47.0 Å². The minimum atomic E-state index is -0.896. The molecule has 0 spiro atoms. The van der Waals surface area contributed by atoms with E-state index in [9.17, 15) is 19.2 Å². The van der Waals surface area contributed by atoms with Gasteiger partial charge in [-0.2, -0.15) is 0 Å². The van der Waals surface area contributed by atoms with E-state index in [1.807, 2.05) is 74.5 Å². The number of thioether (sulfide) groups is 2. The van der Waals surface area contributed by atoms with Gasteiger partial charge in [0.2, 0.25) is 0 Å². The zero-order valence-electron chi connectivity index (χ0n) is 29.7. The third-order valence-electron chi connectivity index (χ3n) is 7.87. The Kier molecular flexibility index (Phi) is 12.0. The van der Waals surface area contributed by atoms with Crippen molar-refractivity contribution in [1.82, 2.24) is 25.4 Å². The van der Waals surface area contributed by atoms with Crippen LogP contribution in [0, 0.1) is 6.92 Å². The lowest BCUT2D eigenvalue weighted by Gasteiger charge is -2.50. The molecule has 3 amide bonds. The van der Waals surface area contributed by atoms with Gasteiger partial charge < -0.3 is 14.8 Å². The number of aryl methyl sites for hydroxylation is 1. The zero-order valence-corrected chi connectivity index (χ0v) is 32.9. The highest BCUT2D eigenvalue weighted by Crippen LogP contribution is 2.43. The number of aromatic nitrogens is 3. The Morgan fingerprint density at radius 2 is 1.74 bits per heavy atom. The van der Waals surface area contributed by atoms with Crippen molar-refractivity contribution in [1.29, 1.82) is 0 Å². The molecule has 4 heterocycles. The number of allylic oxidation sites excluding steroid dienone is 1. The number of hydrogen-bond acceptors (Lipinski definition) is 13. The van der Waals surface area contributed by atoms with Crippen LogP contribution in [0.3, 0.4) is 0 Å². The number of hydrogen-bond donors (Lipinski definition) is 2. The minimum absolute atomic E-state index is 0.177. The molecule has 6 rings (SSSR count). The van der Waals surface area contributed by atoms with Crippen molar-refractivity contribution < 1.29 is 28.7 Å². The minimum Gasteiger partial charge on any atom is -0.448 e. The van der Waals surface area contributed by atoms with E-state index in [0.29, 0.717) is 23.6 Å². The third-order valence-corrected chi connectivity index (χ3v) is 12.0.